The van der Waals surface area contributed by atoms with Crippen LogP contribution in [-0.4, -0.2) is 40.7 Å². The number of amides is 1. The largest absolute Gasteiger partial charge is 0.472 e. The van der Waals surface area contributed by atoms with Gasteiger partial charge in [0.05, 0.1) is 11.8 Å². The lowest BCUT2D eigenvalue weighted by molar-refractivity contribution is 0.0929. The van der Waals surface area contributed by atoms with Gasteiger partial charge in [0.25, 0.3) is 5.91 Å². The van der Waals surface area contributed by atoms with Gasteiger partial charge in [-0.2, -0.15) is 11.8 Å². The van der Waals surface area contributed by atoms with E-state index in [1.54, 1.807) is 6.07 Å². The van der Waals surface area contributed by atoms with Gasteiger partial charge in [0.1, 0.15) is 12.3 Å². The van der Waals surface area contributed by atoms with E-state index in [2.05, 4.69) is 20.4 Å². The third kappa shape index (κ3) is 4.33. The first-order valence-corrected chi connectivity index (χ1v) is 9.98. The fourth-order valence-corrected chi connectivity index (χ4v) is 3.84. The predicted octanol–water partition coefficient (Wildman–Crippen LogP) is 2.93. The van der Waals surface area contributed by atoms with Crippen LogP contribution in [0.5, 0.6) is 0 Å². The van der Waals surface area contributed by atoms with Crippen LogP contribution in [0.1, 0.15) is 27.9 Å². The molecule has 0 unspecified atom stereocenters. The number of aromatic nitrogens is 2. The molecule has 1 aromatic carbocycles. The summed E-state index contributed by atoms with van der Waals surface area (Å²) < 4.78 is 10.9. The molecule has 1 amide bonds. The van der Waals surface area contributed by atoms with Gasteiger partial charge in [0.2, 0.25) is 5.89 Å². The predicted molar refractivity (Wildman–Crippen MR) is 103 cm³/mol. The maximum Gasteiger partial charge on any atom is 0.318 e. The Bertz CT molecular complexity index is 860. The van der Waals surface area contributed by atoms with Crippen molar-refractivity contribution in [3.05, 3.63) is 65.9 Å². The zero-order valence-corrected chi connectivity index (χ0v) is 15.5. The molecule has 1 N–H and O–H groups in total. The average Bonchev–Trinajstić information content (AvgIpc) is 3.41. The molecule has 3 heterocycles. The van der Waals surface area contributed by atoms with Crippen LogP contribution in [0.4, 0.5) is 6.01 Å². The summed E-state index contributed by atoms with van der Waals surface area (Å²) >= 11 is 1.92. The molecule has 27 heavy (non-hydrogen) atoms. The van der Waals surface area contributed by atoms with Gasteiger partial charge in [-0.25, -0.2) is 0 Å². The molecule has 1 atom stereocenters. The highest BCUT2D eigenvalue weighted by Crippen LogP contribution is 2.23. The van der Waals surface area contributed by atoms with Crippen LogP contribution < -0.4 is 10.2 Å². The number of nitrogens with zero attached hydrogens (tertiary/aromatic N) is 3. The minimum Gasteiger partial charge on any atom is -0.472 e. The standard InChI is InChI=1S/C19H20N4O3S/c24-17(15-6-9-25-13-15)20-16(12-14-4-2-1-3-5-14)18-21-22-19(26-18)23-7-10-27-11-8-23/h1-6,9,13,16H,7-8,10-12H2,(H,20,24)/t16-/m0/s1. The van der Waals surface area contributed by atoms with Crippen LogP contribution in [0, 0.1) is 0 Å². The second-order valence-electron chi connectivity index (χ2n) is 6.25. The smallest absolute Gasteiger partial charge is 0.318 e. The zero-order chi connectivity index (χ0) is 18.5. The molecule has 140 valence electrons. The van der Waals surface area contributed by atoms with Crippen molar-refractivity contribution in [2.75, 3.05) is 29.5 Å². The van der Waals surface area contributed by atoms with E-state index in [1.807, 2.05) is 42.1 Å². The Morgan fingerprint density at radius 1 is 1.19 bits per heavy atom. The fraction of sp³-hybridized carbons (Fsp3) is 0.316. The molecule has 0 bridgehead atoms. The van der Waals surface area contributed by atoms with E-state index in [-0.39, 0.29) is 5.91 Å². The van der Waals surface area contributed by atoms with Gasteiger partial charge in [-0.1, -0.05) is 35.4 Å². The Hall–Kier alpha value is -2.74. The molecular formula is C19H20N4O3S. The van der Waals surface area contributed by atoms with Crippen molar-refractivity contribution in [2.24, 2.45) is 0 Å². The van der Waals surface area contributed by atoms with Gasteiger partial charge >= 0.3 is 6.01 Å². The van der Waals surface area contributed by atoms with Gasteiger partial charge in [0, 0.05) is 31.0 Å². The van der Waals surface area contributed by atoms with Crippen molar-refractivity contribution in [3.8, 4) is 0 Å². The molecule has 7 nitrogen and oxygen atoms in total. The lowest BCUT2D eigenvalue weighted by Crippen LogP contribution is -2.32. The molecule has 1 aliphatic heterocycles. The Morgan fingerprint density at radius 3 is 2.74 bits per heavy atom. The van der Waals surface area contributed by atoms with Gasteiger partial charge in [-0.05, 0) is 11.6 Å². The van der Waals surface area contributed by atoms with Crippen molar-refractivity contribution in [2.45, 2.75) is 12.5 Å². The number of thioether (sulfide) groups is 1. The first kappa shape index (κ1) is 17.7. The number of hydrogen-bond acceptors (Lipinski definition) is 7. The third-order valence-electron chi connectivity index (χ3n) is 4.38. The van der Waals surface area contributed by atoms with E-state index in [0.717, 1.165) is 30.2 Å². The Morgan fingerprint density at radius 2 is 2.00 bits per heavy atom. The Labute approximate surface area is 161 Å². The monoisotopic (exact) mass is 384 g/mol. The highest BCUT2D eigenvalue weighted by molar-refractivity contribution is 7.99. The van der Waals surface area contributed by atoms with Crippen molar-refractivity contribution in [1.82, 2.24) is 15.5 Å². The molecule has 3 aromatic rings. The summed E-state index contributed by atoms with van der Waals surface area (Å²) in [4.78, 5) is 14.6. The lowest BCUT2D eigenvalue weighted by Gasteiger charge is -2.24. The average molecular weight is 384 g/mol. The van der Waals surface area contributed by atoms with E-state index in [0.29, 0.717) is 23.9 Å². The van der Waals surface area contributed by atoms with Crippen LogP contribution in [0.15, 0.2) is 57.8 Å². The van der Waals surface area contributed by atoms with Gasteiger partial charge < -0.3 is 19.1 Å². The molecule has 1 fully saturated rings. The van der Waals surface area contributed by atoms with Gasteiger partial charge in [-0.15, -0.1) is 5.10 Å². The molecule has 1 aliphatic rings. The van der Waals surface area contributed by atoms with Crippen LogP contribution >= 0.6 is 11.8 Å². The minimum absolute atomic E-state index is 0.237. The zero-order valence-electron chi connectivity index (χ0n) is 14.7. The maximum absolute atomic E-state index is 12.5. The highest BCUT2D eigenvalue weighted by atomic mass is 32.2. The molecule has 1 saturated heterocycles. The molecule has 0 aliphatic carbocycles. The highest BCUT2D eigenvalue weighted by Gasteiger charge is 2.25. The number of carbonyl (C=O) groups is 1. The molecular weight excluding hydrogens is 364 g/mol. The van der Waals surface area contributed by atoms with Crippen molar-refractivity contribution < 1.29 is 13.6 Å². The molecule has 0 radical (unpaired) electrons. The van der Waals surface area contributed by atoms with Crippen molar-refractivity contribution >= 4 is 23.7 Å². The van der Waals surface area contributed by atoms with E-state index < -0.39 is 6.04 Å². The summed E-state index contributed by atoms with van der Waals surface area (Å²) in [7, 11) is 0. The second-order valence-corrected chi connectivity index (χ2v) is 7.47. The van der Waals surface area contributed by atoms with Crippen molar-refractivity contribution in [3.63, 3.8) is 0 Å². The third-order valence-corrected chi connectivity index (χ3v) is 5.32. The Balaban J connectivity index is 1.55. The molecule has 0 saturated carbocycles. The number of furan rings is 1. The number of rotatable bonds is 6. The quantitative estimate of drug-likeness (QED) is 0.699. The van der Waals surface area contributed by atoms with Crippen LogP contribution in [-0.2, 0) is 6.42 Å². The minimum atomic E-state index is -0.421. The molecule has 4 rings (SSSR count). The summed E-state index contributed by atoms with van der Waals surface area (Å²) in [5.41, 5.74) is 1.53. The summed E-state index contributed by atoms with van der Waals surface area (Å²) in [5.74, 6) is 2.26. The van der Waals surface area contributed by atoms with Crippen LogP contribution in [0.25, 0.3) is 0 Å². The normalized spacial score (nSPS) is 15.5. The molecule has 8 heteroatoms. The number of benzene rings is 1. The number of carbonyl (C=O) groups excluding carboxylic acids is 1. The second kappa shape index (κ2) is 8.30. The van der Waals surface area contributed by atoms with E-state index >= 15 is 0 Å². The van der Waals surface area contributed by atoms with Crippen LogP contribution in [0.3, 0.4) is 0 Å². The maximum atomic E-state index is 12.5. The van der Waals surface area contributed by atoms with E-state index in [4.69, 9.17) is 8.83 Å². The van der Waals surface area contributed by atoms with Gasteiger partial charge in [0.15, 0.2) is 0 Å². The number of nitrogens with one attached hydrogen (secondary N) is 1. The van der Waals surface area contributed by atoms with Crippen LogP contribution in [0.2, 0.25) is 0 Å². The van der Waals surface area contributed by atoms with E-state index in [9.17, 15) is 4.79 Å². The summed E-state index contributed by atoms with van der Waals surface area (Å²) in [6.07, 6.45) is 3.45. The molecule has 0 spiro atoms. The lowest BCUT2D eigenvalue weighted by atomic mass is 10.1. The Kier molecular flexibility index (Phi) is 5.43. The van der Waals surface area contributed by atoms with Gasteiger partial charge in [-0.3, -0.25) is 4.79 Å². The van der Waals surface area contributed by atoms with Crippen molar-refractivity contribution in [1.29, 1.82) is 0 Å². The summed E-state index contributed by atoms with van der Waals surface area (Å²) in [6.45, 7) is 1.77. The summed E-state index contributed by atoms with van der Waals surface area (Å²) in [5, 5.41) is 11.4. The first-order valence-electron chi connectivity index (χ1n) is 8.82. The SMILES string of the molecule is O=C(N[C@@H](Cc1ccccc1)c1nnc(N2CCSCC2)o1)c1ccoc1. The fourth-order valence-electron chi connectivity index (χ4n) is 2.93. The number of anilines is 1. The first-order chi connectivity index (χ1) is 13.3. The van der Waals surface area contributed by atoms with E-state index in [1.165, 1.54) is 12.5 Å². The summed E-state index contributed by atoms with van der Waals surface area (Å²) in [6, 6.07) is 11.6. The topological polar surface area (TPSA) is 84.4 Å². The molecule has 2 aromatic heterocycles. The number of hydrogen-bond donors (Lipinski definition) is 1.